The highest BCUT2D eigenvalue weighted by atomic mass is 16.5. The maximum Gasteiger partial charge on any atom is 0.302 e. The summed E-state index contributed by atoms with van der Waals surface area (Å²) in [7, 11) is 1.35. The van der Waals surface area contributed by atoms with Crippen molar-refractivity contribution in [1.82, 2.24) is 0 Å². The lowest BCUT2D eigenvalue weighted by Gasteiger charge is -1.80. The average molecular weight is 143 g/mol. The van der Waals surface area contributed by atoms with Gasteiger partial charge >= 0.3 is 5.97 Å². The quantitative estimate of drug-likeness (QED) is 0.522. The van der Waals surface area contributed by atoms with E-state index in [2.05, 4.69) is 4.74 Å². The van der Waals surface area contributed by atoms with Crippen molar-refractivity contribution < 1.29 is 9.53 Å². The van der Waals surface area contributed by atoms with Gasteiger partial charge in [-0.1, -0.05) is 6.92 Å². The third-order valence-electron chi connectivity index (χ3n) is 0.649. The van der Waals surface area contributed by atoms with Crippen molar-refractivity contribution in [3.63, 3.8) is 0 Å². The molecule has 0 radical (unpaired) electrons. The Bertz CT molecular complexity index is 115. The van der Waals surface area contributed by atoms with Gasteiger partial charge in [-0.15, -0.1) is 0 Å². The molecule has 0 aromatic heterocycles. The van der Waals surface area contributed by atoms with Crippen LogP contribution < -0.4 is 0 Å². The molecule has 0 fully saturated rings. The van der Waals surface area contributed by atoms with Crippen molar-refractivity contribution in [2.45, 2.75) is 26.7 Å². The van der Waals surface area contributed by atoms with E-state index in [0.717, 1.165) is 6.42 Å². The molecule has 0 saturated heterocycles. The molecule has 0 bridgehead atoms. The zero-order valence-electron chi connectivity index (χ0n) is 6.68. The topological polar surface area (TPSA) is 50.1 Å². The molecule has 0 heterocycles. The first-order valence-corrected chi connectivity index (χ1v) is 3.10. The molecule has 0 aromatic carbocycles. The van der Waals surface area contributed by atoms with Crippen molar-refractivity contribution in [3.8, 4) is 6.07 Å². The van der Waals surface area contributed by atoms with Gasteiger partial charge in [0.2, 0.25) is 0 Å². The Morgan fingerprint density at radius 1 is 1.70 bits per heavy atom. The zero-order valence-corrected chi connectivity index (χ0v) is 6.68. The Hall–Kier alpha value is -1.04. The number of carbonyl (C=O) groups excluding carboxylic acids is 1. The fourth-order valence-electron chi connectivity index (χ4n) is 0.112. The Balaban J connectivity index is 0. The van der Waals surface area contributed by atoms with Gasteiger partial charge in [0, 0.05) is 13.3 Å². The number of carbonyl (C=O) groups is 1. The summed E-state index contributed by atoms with van der Waals surface area (Å²) in [6, 6.07) is 2.02. The van der Waals surface area contributed by atoms with Gasteiger partial charge in [0.15, 0.2) is 0 Å². The van der Waals surface area contributed by atoms with E-state index in [1.165, 1.54) is 14.0 Å². The monoisotopic (exact) mass is 143 g/mol. The van der Waals surface area contributed by atoms with Crippen LogP contribution in [-0.2, 0) is 9.53 Å². The van der Waals surface area contributed by atoms with E-state index in [0.29, 0.717) is 6.42 Å². The molecule has 0 N–H and O–H groups in total. The summed E-state index contributed by atoms with van der Waals surface area (Å²) in [6.45, 7) is 3.35. The van der Waals surface area contributed by atoms with Gasteiger partial charge in [-0.2, -0.15) is 5.26 Å². The summed E-state index contributed by atoms with van der Waals surface area (Å²) < 4.78 is 4.11. The van der Waals surface area contributed by atoms with E-state index in [-0.39, 0.29) is 5.97 Å². The van der Waals surface area contributed by atoms with Gasteiger partial charge in [0.05, 0.1) is 13.2 Å². The summed E-state index contributed by atoms with van der Waals surface area (Å²) in [5.41, 5.74) is 0. The van der Waals surface area contributed by atoms with Crippen molar-refractivity contribution in [2.24, 2.45) is 0 Å². The van der Waals surface area contributed by atoms with E-state index in [1.54, 1.807) is 0 Å². The lowest BCUT2D eigenvalue weighted by Crippen LogP contribution is -1.88. The molecule has 0 amide bonds. The largest absolute Gasteiger partial charge is 0.469 e. The second kappa shape index (κ2) is 10.9. The molecule has 0 saturated carbocycles. The first-order valence-electron chi connectivity index (χ1n) is 3.10. The molecule has 3 heteroatoms. The molecule has 58 valence electrons. The minimum absolute atomic E-state index is 0.245. The summed E-state index contributed by atoms with van der Waals surface area (Å²) in [5.74, 6) is -0.245. The molecule has 0 aliphatic rings. The molecule has 3 nitrogen and oxygen atoms in total. The number of rotatable bonds is 1. The fourth-order valence-corrected chi connectivity index (χ4v) is 0.112. The first kappa shape index (κ1) is 11.7. The summed E-state index contributed by atoms with van der Waals surface area (Å²) >= 11 is 0. The third kappa shape index (κ3) is 28.2. The minimum Gasteiger partial charge on any atom is -0.469 e. The number of methoxy groups -OCH3 is 1. The van der Waals surface area contributed by atoms with Crippen LogP contribution in [0.15, 0.2) is 0 Å². The van der Waals surface area contributed by atoms with Gasteiger partial charge in [-0.3, -0.25) is 4.79 Å². The Morgan fingerprint density at radius 2 is 2.10 bits per heavy atom. The molecular formula is C7H13NO2. The van der Waals surface area contributed by atoms with E-state index in [9.17, 15) is 4.79 Å². The van der Waals surface area contributed by atoms with Crippen molar-refractivity contribution in [1.29, 1.82) is 5.26 Å². The van der Waals surface area contributed by atoms with E-state index in [4.69, 9.17) is 5.26 Å². The number of nitriles is 1. The van der Waals surface area contributed by atoms with Crippen LogP contribution in [0.2, 0.25) is 0 Å². The van der Waals surface area contributed by atoms with Crippen LogP contribution in [0.4, 0.5) is 0 Å². The Morgan fingerprint density at radius 3 is 2.10 bits per heavy atom. The van der Waals surface area contributed by atoms with Crippen LogP contribution >= 0.6 is 0 Å². The van der Waals surface area contributed by atoms with Crippen LogP contribution in [-0.4, -0.2) is 13.1 Å². The highest BCUT2D eigenvalue weighted by Crippen LogP contribution is 1.77. The number of esters is 1. The number of hydrogen-bond donors (Lipinski definition) is 0. The second-order valence-corrected chi connectivity index (χ2v) is 1.60. The van der Waals surface area contributed by atoms with Crippen molar-refractivity contribution in [3.05, 3.63) is 0 Å². The number of ether oxygens (including phenoxy) is 1. The van der Waals surface area contributed by atoms with Gasteiger partial charge in [0.1, 0.15) is 0 Å². The fraction of sp³-hybridized carbons (Fsp3) is 0.714. The normalized spacial score (nSPS) is 6.60. The maximum absolute atomic E-state index is 9.59. The second-order valence-electron chi connectivity index (χ2n) is 1.60. The lowest BCUT2D eigenvalue weighted by atomic mass is 10.4. The van der Waals surface area contributed by atoms with Crippen LogP contribution in [0.3, 0.4) is 0 Å². The number of hydrogen-bond acceptors (Lipinski definition) is 3. The predicted molar refractivity (Wildman–Crippen MR) is 38.2 cm³/mol. The highest BCUT2D eigenvalue weighted by Gasteiger charge is 1.75. The molecule has 0 atom stereocenters. The van der Waals surface area contributed by atoms with E-state index >= 15 is 0 Å². The zero-order chi connectivity index (χ0) is 8.41. The molecule has 0 aromatic rings. The maximum atomic E-state index is 9.59. The Labute approximate surface area is 61.6 Å². The van der Waals surface area contributed by atoms with Crippen LogP contribution in [0, 0.1) is 11.3 Å². The highest BCUT2D eigenvalue weighted by molar-refractivity contribution is 5.65. The summed E-state index contributed by atoms with van der Waals surface area (Å²) in [6.07, 6.45) is 1.68. The van der Waals surface area contributed by atoms with Gasteiger partial charge < -0.3 is 4.74 Å². The van der Waals surface area contributed by atoms with Crippen LogP contribution in [0.1, 0.15) is 26.7 Å². The first-order chi connectivity index (χ1) is 4.68. The number of unbranched alkanes of at least 4 members (excludes halogenated alkanes) is 1. The SMILES string of the molecule is CCCC#N.COC(C)=O. The molecule has 0 rings (SSSR count). The number of nitrogens with zero attached hydrogens (tertiary/aromatic N) is 1. The van der Waals surface area contributed by atoms with Crippen molar-refractivity contribution in [2.75, 3.05) is 7.11 Å². The van der Waals surface area contributed by atoms with Gasteiger partial charge in [-0.25, -0.2) is 0 Å². The smallest absolute Gasteiger partial charge is 0.302 e. The van der Waals surface area contributed by atoms with E-state index in [1.807, 2.05) is 13.0 Å². The van der Waals surface area contributed by atoms with Crippen LogP contribution in [0.5, 0.6) is 0 Å². The molecule has 0 unspecified atom stereocenters. The third-order valence-corrected chi connectivity index (χ3v) is 0.649. The molecule has 0 aliphatic carbocycles. The minimum atomic E-state index is -0.245. The van der Waals surface area contributed by atoms with Gasteiger partial charge in [0.25, 0.3) is 0 Å². The predicted octanol–water partition coefficient (Wildman–Crippen LogP) is 1.49. The molecule has 0 spiro atoms. The molecule has 0 aliphatic heterocycles. The molecule has 10 heavy (non-hydrogen) atoms. The standard InChI is InChI=1S/C4H7N.C3H6O2/c1-2-3-4-5;1-3(4)5-2/h2-3H2,1H3;1-2H3. The van der Waals surface area contributed by atoms with Crippen molar-refractivity contribution >= 4 is 5.97 Å². The van der Waals surface area contributed by atoms with Gasteiger partial charge in [-0.05, 0) is 6.42 Å². The summed E-state index contributed by atoms with van der Waals surface area (Å²) in [4.78, 5) is 9.59. The average Bonchev–Trinajstić information content (AvgIpc) is 1.91. The molecular weight excluding hydrogens is 130 g/mol. The van der Waals surface area contributed by atoms with Crippen LogP contribution in [0.25, 0.3) is 0 Å². The summed E-state index contributed by atoms with van der Waals surface area (Å²) in [5, 5.41) is 7.82. The lowest BCUT2D eigenvalue weighted by molar-refractivity contribution is -0.137. The van der Waals surface area contributed by atoms with E-state index < -0.39 is 0 Å². The Kier molecular flexibility index (Phi) is 12.7.